The lowest BCUT2D eigenvalue weighted by molar-refractivity contribution is -0.134. The molecule has 0 aromatic heterocycles. The van der Waals surface area contributed by atoms with E-state index in [0.29, 0.717) is 100 Å². The maximum atomic E-state index is 12.0. The third-order valence-electron chi connectivity index (χ3n) is 23.2. The van der Waals surface area contributed by atoms with E-state index in [1.807, 2.05) is 106 Å². The zero-order valence-corrected chi connectivity index (χ0v) is 88.9. The van der Waals surface area contributed by atoms with E-state index in [1.165, 1.54) is 70.7 Å². The minimum atomic E-state index is -3.16. The lowest BCUT2D eigenvalue weighted by Crippen LogP contribution is -2.35. The number of rotatable bonds is 27. The van der Waals surface area contributed by atoms with E-state index in [9.17, 15) is 27.6 Å². The number of hydrogen-bond donors (Lipinski definition) is 2. The Balaban J connectivity index is -0.000000304. The predicted octanol–water partition coefficient (Wildman–Crippen LogP) is 28.1. The van der Waals surface area contributed by atoms with Gasteiger partial charge in [0.05, 0.1) is 13.7 Å². The lowest BCUT2D eigenvalue weighted by Gasteiger charge is -2.30. The van der Waals surface area contributed by atoms with Crippen LogP contribution in [-0.2, 0) is 46.8 Å². The van der Waals surface area contributed by atoms with Crippen LogP contribution < -0.4 is 10.6 Å². The zero-order valence-electron chi connectivity index (χ0n) is 86.6. The van der Waals surface area contributed by atoms with Crippen LogP contribution >= 0.6 is 23.2 Å². The van der Waals surface area contributed by atoms with Gasteiger partial charge >= 0.3 is 5.97 Å². The molecular formula is C125H153B2Cl2N3O7S. The molecule has 8 rings (SSSR count). The van der Waals surface area contributed by atoms with Gasteiger partial charge in [-0.1, -0.05) is 337 Å². The van der Waals surface area contributed by atoms with Crippen molar-refractivity contribution in [1.29, 1.82) is 0 Å². The van der Waals surface area contributed by atoms with E-state index in [1.54, 1.807) is 44.7 Å². The number of halogens is 2. The molecule has 0 saturated heterocycles. The highest BCUT2D eigenvalue weighted by Gasteiger charge is 2.26. The Bertz CT molecular complexity index is 5800. The Hall–Kier alpha value is -13.5. The summed E-state index contributed by atoms with van der Waals surface area (Å²) in [6.45, 7) is 51.4. The summed E-state index contributed by atoms with van der Waals surface area (Å²) < 4.78 is 27.9. The number of carbonyl (C=O) groups excluding carboxylic acids is 4. The quantitative estimate of drug-likeness (QED) is 0.0226. The molecule has 9 atom stereocenters. The van der Waals surface area contributed by atoms with Gasteiger partial charge in [0.15, 0.2) is 9.84 Å². The Morgan fingerprint density at radius 3 is 1.13 bits per heavy atom. The molecule has 0 spiro atoms. The van der Waals surface area contributed by atoms with Gasteiger partial charge in [-0.3, -0.25) is 14.4 Å². The molecule has 0 fully saturated rings. The van der Waals surface area contributed by atoms with Gasteiger partial charge in [-0.15, -0.1) is 75.6 Å². The van der Waals surface area contributed by atoms with Crippen LogP contribution in [0.2, 0.25) is 10.0 Å². The highest BCUT2D eigenvalue weighted by molar-refractivity contribution is 7.93. The monoisotopic (exact) mass is 1930 g/mol. The Kier molecular flexibility index (Phi) is 80.2. The van der Waals surface area contributed by atoms with E-state index in [-0.39, 0.29) is 61.9 Å². The van der Waals surface area contributed by atoms with Crippen LogP contribution in [0, 0.1) is 200 Å². The molecule has 0 aliphatic heterocycles. The Morgan fingerprint density at radius 2 is 0.764 bits per heavy atom. The predicted molar refractivity (Wildman–Crippen MR) is 610 cm³/mol. The first-order valence-corrected chi connectivity index (χ1v) is 47.8. The van der Waals surface area contributed by atoms with Crippen molar-refractivity contribution in [2.75, 3.05) is 27.0 Å². The van der Waals surface area contributed by atoms with Gasteiger partial charge in [-0.25, -0.2) is 13.2 Å². The van der Waals surface area contributed by atoms with Crippen molar-refractivity contribution in [2.24, 2.45) is 53.3 Å². The molecule has 0 bridgehead atoms. The Labute approximate surface area is 864 Å². The van der Waals surface area contributed by atoms with Gasteiger partial charge in [0.1, 0.15) is 0 Å². The zero-order chi connectivity index (χ0) is 104. The van der Waals surface area contributed by atoms with Gasteiger partial charge < -0.3 is 20.3 Å². The third kappa shape index (κ3) is 55.2. The molecule has 0 aliphatic rings. The van der Waals surface area contributed by atoms with E-state index in [4.69, 9.17) is 53.6 Å². The van der Waals surface area contributed by atoms with Gasteiger partial charge in [-0.2, -0.15) is 0 Å². The molecular weight excluding hydrogens is 1780 g/mol. The fourth-order valence-electron chi connectivity index (χ4n) is 13.2. The van der Waals surface area contributed by atoms with Crippen LogP contribution in [-0.4, -0.2) is 80.8 Å². The molecule has 140 heavy (non-hydrogen) atoms. The minimum Gasteiger partial charge on any atom is -0.466 e. The molecule has 0 heterocycles. The molecule has 0 saturated carbocycles. The van der Waals surface area contributed by atoms with Gasteiger partial charge in [0.25, 0.3) is 0 Å². The number of methoxy groups -OCH3 is 1. The van der Waals surface area contributed by atoms with E-state index < -0.39 is 9.84 Å². The minimum absolute atomic E-state index is 0. The molecule has 2 N–H and O–H groups in total. The number of terminal acetylenes is 7. The second-order valence-corrected chi connectivity index (χ2v) is 36.1. The number of amides is 3. The van der Waals surface area contributed by atoms with Crippen LogP contribution in [0.5, 0.6) is 0 Å². The summed E-state index contributed by atoms with van der Waals surface area (Å²) in [5.41, 5.74) is 17.7. The smallest absolute Gasteiger partial charge is 0.330 e. The van der Waals surface area contributed by atoms with Gasteiger partial charge in [0.2, 0.25) is 17.7 Å². The van der Waals surface area contributed by atoms with Crippen molar-refractivity contribution in [3.63, 3.8) is 0 Å². The number of benzene rings is 8. The SMILES string of the molecule is C.C.C#C.C#C.C#CC.C#CC#CC.C#CC#CC#C.C#CC#CC#CC.CC#CC.CC(=O)N(C)Cc1ccc([C@H](C)[C@@H](C)[C@@H](C)C(C)C)cc1-c1ccccc1.CC(=O)NCC(=O)NCc1ccc([C@H](C)[C@@H](C)C(C)C)cc1-c1ccccc1Cl.CC(C)[C@H](C)[C@@H](C)c1ccc(-c2ccccc2)c(/C=C/S(C)(=O)=O)c1.COC(=O)/C=C/c1cc([C@H](C)[C@@H](C)C(C)C)ccc1-c1ccccc1Cl.[B].[B]. The number of sulfone groups is 1. The Morgan fingerprint density at radius 1 is 0.414 bits per heavy atom. The highest BCUT2D eigenvalue weighted by Crippen LogP contribution is 2.41. The van der Waals surface area contributed by atoms with Crippen LogP contribution in [0.1, 0.15) is 249 Å². The summed E-state index contributed by atoms with van der Waals surface area (Å²) >= 11 is 12.9. The average Bonchev–Trinajstić information content (AvgIpc) is 0.811. The molecule has 10 nitrogen and oxygen atoms in total. The number of nitrogens with one attached hydrogen (secondary N) is 2. The molecule has 8 aromatic carbocycles. The number of hydrogen-bond acceptors (Lipinski definition) is 7. The lowest BCUT2D eigenvalue weighted by atomic mass is 9.76. The summed E-state index contributed by atoms with van der Waals surface area (Å²) in [4.78, 5) is 48.1. The van der Waals surface area contributed by atoms with Crippen molar-refractivity contribution in [1.82, 2.24) is 15.5 Å². The van der Waals surface area contributed by atoms with Gasteiger partial charge in [0, 0.05) is 89.7 Å². The van der Waals surface area contributed by atoms with Crippen molar-refractivity contribution in [2.45, 2.75) is 218 Å². The van der Waals surface area contributed by atoms with Crippen LogP contribution in [0.15, 0.2) is 193 Å². The standard InChI is InChI=1S/C25H35NO.C24H31ClN2O2.C23H27ClO2.C22H28O2S.C7H4.C6H2.C5H4.C4H6.C3H4.2C2H2.2CH4.2B/c1-17(2)18(3)19(4)20(5)23-13-14-24(16-26(7)21(6)27)25(15-23)22-11-9-8-10-12-22;1-15(2)16(3)17(4)19-10-11-20(13-27-24(29)14-26-18(5)28)22(12-19)21-8-6-7-9-23(21)25;1-15(2)16(3)17(4)18-10-12-20(21-8-6-7-9-22(21)24)19(14-18)11-13-23(25)26-5;1-16(2)17(3)18(4)20-11-12-22(19-9-7-6-8-10-19)21(15-20)13-14-25(5,23)24;1-3-5-7-6-4-2;1-3-5-6-4-2;1-3-5-4-2;1-3-4-2;1-3-2;2*1-2;;;;/h8-15,17-20H,16H2,1-7H3;6-12,15-17H,13-14H2,1-5H3,(H,26,28)(H,27,29);6-17H,1-5H3;6-18H,1-5H3;1H,2H3;1-2H;1H,2H3;1-2H3;1H,2H3;2*1-2H;2*1H4;;/b;;13-11+;14-13+;;;;;;;;;;;/t18-,19-,20+;2*16-,17+;17-,18+;;;;;;;;;;;/m0000.........../s1. The molecule has 8 aromatic rings. The molecule has 15 heteroatoms. The first-order chi connectivity index (χ1) is 64.5. The van der Waals surface area contributed by atoms with Crippen molar-refractivity contribution in [3.8, 4) is 191 Å². The van der Waals surface area contributed by atoms with Gasteiger partial charge in [-0.05, 0) is 273 Å². The van der Waals surface area contributed by atoms with Crippen molar-refractivity contribution >= 4 is 85.7 Å². The largest absolute Gasteiger partial charge is 0.466 e. The second kappa shape index (κ2) is 80.4. The van der Waals surface area contributed by atoms with Crippen molar-refractivity contribution < 1.29 is 32.3 Å². The number of ether oxygens (including phenoxy) is 1. The van der Waals surface area contributed by atoms with Crippen LogP contribution in [0.4, 0.5) is 0 Å². The molecule has 0 aliphatic carbocycles. The first-order valence-electron chi connectivity index (χ1n) is 45.1. The summed E-state index contributed by atoms with van der Waals surface area (Å²) in [6, 6.07) is 62.1. The second-order valence-electron chi connectivity index (χ2n) is 33.3. The molecule has 3 amide bonds. The number of esters is 1. The normalized spacial score (nSPS) is 11.3. The third-order valence-corrected chi connectivity index (χ3v) is 24.5. The van der Waals surface area contributed by atoms with E-state index in [0.717, 1.165) is 50.1 Å². The topological polar surface area (TPSA) is 139 Å². The highest BCUT2D eigenvalue weighted by atomic mass is 35.5. The molecule has 6 radical (unpaired) electrons. The van der Waals surface area contributed by atoms with Crippen LogP contribution in [0.25, 0.3) is 56.7 Å². The summed E-state index contributed by atoms with van der Waals surface area (Å²) in [5, 5.41) is 8.05. The first kappa shape index (κ1) is 140. The summed E-state index contributed by atoms with van der Waals surface area (Å²) in [5.74, 6) is 41.7. The van der Waals surface area contributed by atoms with Crippen LogP contribution in [0.3, 0.4) is 0 Å². The number of nitrogens with zero attached hydrogens (tertiary/aromatic N) is 1. The summed E-state index contributed by atoms with van der Waals surface area (Å²) in [6.07, 6.45) is 45.7. The average molecular weight is 1930 g/mol. The maximum Gasteiger partial charge on any atom is 0.330 e. The fraction of sp³-hybridized carbons (Fsp3) is 0.360. The fourth-order valence-corrected chi connectivity index (χ4v) is 14.1. The summed E-state index contributed by atoms with van der Waals surface area (Å²) in [7, 11) is 0.0759. The van der Waals surface area contributed by atoms with Crippen molar-refractivity contribution in [3.05, 3.63) is 248 Å². The number of carbonyl (C=O) groups is 4. The van der Waals surface area contributed by atoms with E-state index >= 15 is 0 Å². The molecule has 0 unspecified atom stereocenters. The van der Waals surface area contributed by atoms with E-state index in [2.05, 4.69) is 346 Å². The molecule has 736 valence electrons. The maximum absolute atomic E-state index is 12.0.